The van der Waals surface area contributed by atoms with Gasteiger partial charge in [0.2, 0.25) is 0 Å². The molecule has 0 spiro atoms. The van der Waals surface area contributed by atoms with E-state index in [0.29, 0.717) is 6.54 Å². The van der Waals surface area contributed by atoms with Crippen LogP contribution in [0.15, 0.2) is 0 Å². The molecule has 0 aromatic heterocycles. The molecule has 0 aliphatic heterocycles. The zero-order chi connectivity index (χ0) is 11.7. The molecule has 0 atom stereocenters. The first-order chi connectivity index (χ1) is 6.95. The van der Waals surface area contributed by atoms with Gasteiger partial charge in [0.1, 0.15) is 5.60 Å². The first-order valence-corrected chi connectivity index (χ1v) is 5.36. The van der Waals surface area contributed by atoms with Crippen LogP contribution in [-0.4, -0.2) is 18.2 Å². The number of ether oxygens (including phenoxy) is 1. The van der Waals surface area contributed by atoms with Crippen LogP contribution < -0.4 is 5.32 Å². The van der Waals surface area contributed by atoms with Crippen molar-refractivity contribution in [3.63, 3.8) is 0 Å². The first-order valence-electron chi connectivity index (χ1n) is 5.36. The molecule has 0 saturated carbocycles. The van der Waals surface area contributed by atoms with Gasteiger partial charge in [-0.05, 0) is 33.6 Å². The van der Waals surface area contributed by atoms with Crippen LogP contribution in [0.25, 0.3) is 0 Å². The minimum absolute atomic E-state index is 0.348. The van der Waals surface area contributed by atoms with E-state index in [-0.39, 0.29) is 6.09 Å². The number of rotatable bonds is 5. The number of nitrogens with one attached hydrogen (secondary N) is 1. The molecule has 0 radical (unpaired) electrons. The van der Waals surface area contributed by atoms with Gasteiger partial charge < -0.3 is 10.1 Å². The summed E-state index contributed by atoms with van der Waals surface area (Å²) in [5.41, 5.74) is -0.423. The summed E-state index contributed by atoms with van der Waals surface area (Å²) in [5.74, 6) is 2.59. The molecule has 1 N–H and O–H groups in total. The molecule has 1 amide bonds. The van der Waals surface area contributed by atoms with Crippen molar-refractivity contribution in [2.24, 2.45) is 0 Å². The standard InChI is InChI=1S/C12H21NO2/c1-5-6-7-8-9-10-13-11(14)15-12(2,3)4/h1H,6-10H2,2-4H3,(H,13,14). The van der Waals surface area contributed by atoms with Crippen LogP contribution in [0.4, 0.5) is 4.79 Å². The third kappa shape index (κ3) is 10.8. The van der Waals surface area contributed by atoms with Crippen molar-refractivity contribution >= 4 is 6.09 Å². The fourth-order valence-corrected chi connectivity index (χ4v) is 1.03. The van der Waals surface area contributed by atoms with E-state index in [4.69, 9.17) is 11.2 Å². The normalized spacial score (nSPS) is 10.5. The van der Waals surface area contributed by atoms with Gasteiger partial charge in [-0.2, -0.15) is 0 Å². The summed E-state index contributed by atoms with van der Waals surface area (Å²) < 4.78 is 5.08. The van der Waals surface area contributed by atoms with Gasteiger partial charge in [0.25, 0.3) is 0 Å². The summed E-state index contributed by atoms with van der Waals surface area (Å²) in [5, 5.41) is 2.70. The Balaban J connectivity index is 3.37. The molecule has 0 aromatic carbocycles. The average Bonchev–Trinajstić information content (AvgIpc) is 2.08. The molecule has 0 rings (SSSR count). The lowest BCUT2D eigenvalue weighted by molar-refractivity contribution is 0.0527. The van der Waals surface area contributed by atoms with E-state index in [1.54, 1.807) is 0 Å². The van der Waals surface area contributed by atoms with E-state index in [9.17, 15) is 4.79 Å². The highest BCUT2D eigenvalue weighted by molar-refractivity contribution is 5.67. The summed E-state index contributed by atoms with van der Waals surface area (Å²) >= 11 is 0. The number of hydrogen-bond donors (Lipinski definition) is 1. The minimum atomic E-state index is -0.423. The minimum Gasteiger partial charge on any atom is -0.444 e. The molecule has 0 fully saturated rings. The summed E-state index contributed by atoms with van der Waals surface area (Å²) in [6.07, 6.45) is 8.59. The zero-order valence-electron chi connectivity index (χ0n) is 9.93. The highest BCUT2D eigenvalue weighted by Crippen LogP contribution is 2.06. The maximum Gasteiger partial charge on any atom is 0.407 e. The van der Waals surface area contributed by atoms with E-state index in [1.807, 2.05) is 20.8 Å². The van der Waals surface area contributed by atoms with E-state index in [1.165, 1.54) is 0 Å². The molecule has 3 heteroatoms. The van der Waals surface area contributed by atoms with Gasteiger partial charge in [-0.1, -0.05) is 6.42 Å². The summed E-state index contributed by atoms with van der Waals surface area (Å²) in [6.45, 7) is 6.19. The number of alkyl carbamates (subject to hydrolysis) is 1. The molecule has 0 aliphatic carbocycles. The molecule has 15 heavy (non-hydrogen) atoms. The molecule has 0 bridgehead atoms. The Morgan fingerprint density at radius 2 is 2.00 bits per heavy atom. The number of carbonyl (C=O) groups excluding carboxylic acids is 1. The van der Waals surface area contributed by atoms with Crippen LogP contribution in [-0.2, 0) is 4.74 Å². The number of unbranched alkanes of at least 4 members (excludes halogenated alkanes) is 3. The molecular weight excluding hydrogens is 190 g/mol. The Bertz CT molecular complexity index is 223. The van der Waals surface area contributed by atoms with E-state index in [2.05, 4.69) is 11.2 Å². The monoisotopic (exact) mass is 211 g/mol. The molecule has 3 nitrogen and oxygen atoms in total. The van der Waals surface area contributed by atoms with Gasteiger partial charge in [-0.3, -0.25) is 0 Å². The Kier molecular flexibility index (Phi) is 6.61. The van der Waals surface area contributed by atoms with Crippen molar-refractivity contribution < 1.29 is 9.53 Å². The second-order valence-electron chi connectivity index (χ2n) is 4.44. The van der Waals surface area contributed by atoms with Gasteiger partial charge >= 0.3 is 6.09 Å². The highest BCUT2D eigenvalue weighted by atomic mass is 16.6. The first kappa shape index (κ1) is 13.8. The van der Waals surface area contributed by atoms with Gasteiger partial charge in [-0.25, -0.2) is 4.79 Å². The Hall–Kier alpha value is -1.17. The largest absolute Gasteiger partial charge is 0.444 e. The lowest BCUT2D eigenvalue weighted by Crippen LogP contribution is -2.32. The maximum atomic E-state index is 11.2. The Morgan fingerprint density at radius 3 is 2.53 bits per heavy atom. The van der Waals surface area contributed by atoms with Crippen LogP contribution in [0, 0.1) is 12.3 Å². The highest BCUT2D eigenvalue weighted by Gasteiger charge is 2.15. The van der Waals surface area contributed by atoms with Crippen molar-refractivity contribution in [2.75, 3.05) is 6.54 Å². The smallest absolute Gasteiger partial charge is 0.407 e. The number of terminal acetylenes is 1. The average molecular weight is 211 g/mol. The van der Waals surface area contributed by atoms with E-state index >= 15 is 0 Å². The van der Waals surface area contributed by atoms with E-state index in [0.717, 1.165) is 25.7 Å². The van der Waals surface area contributed by atoms with E-state index < -0.39 is 5.60 Å². The van der Waals surface area contributed by atoms with Gasteiger partial charge in [0, 0.05) is 13.0 Å². The van der Waals surface area contributed by atoms with Crippen LogP contribution in [0.1, 0.15) is 46.5 Å². The predicted molar refractivity (Wildman–Crippen MR) is 61.5 cm³/mol. The summed E-state index contributed by atoms with van der Waals surface area (Å²) in [6, 6.07) is 0. The lowest BCUT2D eigenvalue weighted by atomic mass is 10.2. The molecule has 0 heterocycles. The number of amides is 1. The Labute approximate surface area is 92.6 Å². The summed E-state index contributed by atoms with van der Waals surface area (Å²) in [7, 11) is 0. The van der Waals surface area contributed by atoms with Gasteiger partial charge in [0.05, 0.1) is 0 Å². The third-order valence-electron chi connectivity index (χ3n) is 1.67. The molecule has 0 aliphatic rings. The second-order valence-corrected chi connectivity index (χ2v) is 4.44. The van der Waals surface area contributed by atoms with Crippen molar-refractivity contribution in [1.82, 2.24) is 5.32 Å². The fourth-order valence-electron chi connectivity index (χ4n) is 1.03. The quantitative estimate of drug-likeness (QED) is 0.561. The SMILES string of the molecule is C#CCCCCCNC(=O)OC(C)(C)C. The van der Waals surface area contributed by atoms with Crippen molar-refractivity contribution in [3.8, 4) is 12.3 Å². The molecule has 86 valence electrons. The summed E-state index contributed by atoms with van der Waals surface area (Å²) in [4.78, 5) is 11.2. The van der Waals surface area contributed by atoms with Gasteiger partial charge in [-0.15, -0.1) is 12.3 Å². The second kappa shape index (κ2) is 7.17. The number of hydrogen-bond acceptors (Lipinski definition) is 2. The predicted octanol–water partition coefficient (Wildman–Crippen LogP) is 2.70. The molecular formula is C12H21NO2. The maximum absolute atomic E-state index is 11.2. The van der Waals surface area contributed by atoms with Crippen molar-refractivity contribution in [3.05, 3.63) is 0 Å². The third-order valence-corrected chi connectivity index (χ3v) is 1.67. The molecule has 0 unspecified atom stereocenters. The lowest BCUT2D eigenvalue weighted by Gasteiger charge is -2.19. The zero-order valence-corrected chi connectivity index (χ0v) is 9.93. The van der Waals surface area contributed by atoms with Crippen LogP contribution in [0.5, 0.6) is 0 Å². The van der Waals surface area contributed by atoms with Crippen LogP contribution in [0.3, 0.4) is 0 Å². The molecule has 0 saturated heterocycles. The van der Waals surface area contributed by atoms with Crippen molar-refractivity contribution in [2.45, 2.75) is 52.1 Å². The topological polar surface area (TPSA) is 38.3 Å². The molecule has 0 aromatic rings. The van der Waals surface area contributed by atoms with Crippen LogP contribution in [0.2, 0.25) is 0 Å². The fraction of sp³-hybridized carbons (Fsp3) is 0.750. The van der Waals surface area contributed by atoms with Crippen LogP contribution >= 0.6 is 0 Å². The van der Waals surface area contributed by atoms with Gasteiger partial charge in [0.15, 0.2) is 0 Å². The van der Waals surface area contributed by atoms with Crippen molar-refractivity contribution in [1.29, 1.82) is 0 Å². The Morgan fingerprint density at radius 1 is 1.33 bits per heavy atom. The number of carbonyl (C=O) groups is 1.